The lowest BCUT2D eigenvalue weighted by Gasteiger charge is -2.38. The smallest absolute Gasteiger partial charge is 0.240 e. The van der Waals surface area contributed by atoms with Crippen molar-refractivity contribution in [2.24, 2.45) is 0 Å². The molecule has 104 valence electrons. The Bertz CT molecular complexity index is 298. The first-order valence-corrected chi connectivity index (χ1v) is 6.75. The number of rotatable bonds is 3. The number of likely N-dealkylation sites (tertiary alicyclic amines) is 1. The first-order valence-electron chi connectivity index (χ1n) is 6.75. The van der Waals surface area contributed by atoms with E-state index in [2.05, 4.69) is 12.2 Å². The summed E-state index contributed by atoms with van der Waals surface area (Å²) in [6, 6.07) is 0.191. The number of nitrogens with zero attached hydrogens (tertiary/aromatic N) is 1. The molecule has 5 heteroatoms. The number of carbonyl (C=O) groups is 1. The van der Waals surface area contributed by atoms with E-state index in [0.717, 1.165) is 32.4 Å². The standard InChI is InChI=1S/C13H24N2O3/c1-9-6-10(17-2)4-5-15(9)13(16)12-7-11(18-3)8-14-12/h9-12,14H,4-8H2,1-3H3. The van der Waals surface area contributed by atoms with Crippen LogP contribution in [0.3, 0.4) is 0 Å². The zero-order valence-electron chi connectivity index (χ0n) is 11.5. The predicted octanol–water partition coefficient (Wildman–Crippen LogP) is 0.389. The Labute approximate surface area is 109 Å². The van der Waals surface area contributed by atoms with Crippen LogP contribution in [0.5, 0.6) is 0 Å². The van der Waals surface area contributed by atoms with Gasteiger partial charge in [0, 0.05) is 33.4 Å². The summed E-state index contributed by atoms with van der Waals surface area (Å²) in [5.41, 5.74) is 0. The zero-order chi connectivity index (χ0) is 13.1. The highest BCUT2D eigenvalue weighted by Gasteiger charge is 2.36. The summed E-state index contributed by atoms with van der Waals surface area (Å²) in [5.74, 6) is 0.219. The van der Waals surface area contributed by atoms with Crippen LogP contribution in [0, 0.1) is 0 Å². The monoisotopic (exact) mass is 256 g/mol. The third kappa shape index (κ3) is 2.84. The SMILES string of the molecule is COC1CNC(C(=O)N2CCC(OC)CC2C)C1. The quantitative estimate of drug-likeness (QED) is 0.793. The van der Waals surface area contributed by atoms with E-state index in [4.69, 9.17) is 9.47 Å². The Morgan fingerprint density at radius 3 is 2.50 bits per heavy atom. The molecule has 4 atom stereocenters. The highest BCUT2D eigenvalue weighted by molar-refractivity contribution is 5.82. The van der Waals surface area contributed by atoms with Gasteiger partial charge < -0.3 is 19.7 Å². The van der Waals surface area contributed by atoms with Crippen molar-refractivity contribution in [2.45, 2.75) is 50.5 Å². The average Bonchev–Trinajstić information content (AvgIpc) is 2.86. The highest BCUT2D eigenvalue weighted by Crippen LogP contribution is 2.22. The lowest BCUT2D eigenvalue weighted by atomic mass is 9.99. The van der Waals surface area contributed by atoms with Gasteiger partial charge in [-0.3, -0.25) is 4.79 Å². The van der Waals surface area contributed by atoms with Crippen molar-refractivity contribution in [1.82, 2.24) is 10.2 Å². The van der Waals surface area contributed by atoms with Gasteiger partial charge in [0.2, 0.25) is 5.91 Å². The molecule has 2 heterocycles. The number of nitrogens with one attached hydrogen (secondary N) is 1. The van der Waals surface area contributed by atoms with E-state index < -0.39 is 0 Å². The van der Waals surface area contributed by atoms with Gasteiger partial charge in [-0.1, -0.05) is 0 Å². The molecule has 2 aliphatic rings. The molecule has 0 aromatic carbocycles. The van der Waals surface area contributed by atoms with Crippen molar-refractivity contribution in [3.05, 3.63) is 0 Å². The number of methoxy groups -OCH3 is 2. The molecular formula is C13H24N2O3. The van der Waals surface area contributed by atoms with Crippen molar-refractivity contribution in [3.8, 4) is 0 Å². The third-order valence-corrected chi connectivity index (χ3v) is 4.17. The fraction of sp³-hybridized carbons (Fsp3) is 0.923. The Hall–Kier alpha value is -0.650. The second-order valence-corrected chi connectivity index (χ2v) is 5.32. The van der Waals surface area contributed by atoms with Gasteiger partial charge >= 0.3 is 0 Å². The van der Waals surface area contributed by atoms with E-state index in [9.17, 15) is 4.79 Å². The van der Waals surface area contributed by atoms with Gasteiger partial charge in [0.25, 0.3) is 0 Å². The third-order valence-electron chi connectivity index (χ3n) is 4.17. The molecule has 2 aliphatic heterocycles. The summed E-state index contributed by atoms with van der Waals surface area (Å²) in [5, 5.41) is 3.25. The maximum Gasteiger partial charge on any atom is 0.240 e. The van der Waals surface area contributed by atoms with Crippen molar-refractivity contribution in [3.63, 3.8) is 0 Å². The van der Waals surface area contributed by atoms with Crippen molar-refractivity contribution >= 4 is 5.91 Å². The molecule has 0 saturated carbocycles. The summed E-state index contributed by atoms with van der Waals surface area (Å²) in [6.45, 7) is 3.68. The molecule has 2 rings (SSSR count). The molecule has 4 unspecified atom stereocenters. The molecule has 5 nitrogen and oxygen atoms in total. The van der Waals surface area contributed by atoms with Crippen LogP contribution in [0.2, 0.25) is 0 Å². The maximum absolute atomic E-state index is 12.4. The van der Waals surface area contributed by atoms with Crippen LogP contribution in [0.15, 0.2) is 0 Å². The minimum absolute atomic E-state index is 0.0727. The number of piperidine rings is 1. The largest absolute Gasteiger partial charge is 0.381 e. The Morgan fingerprint density at radius 1 is 1.22 bits per heavy atom. The molecule has 18 heavy (non-hydrogen) atoms. The minimum Gasteiger partial charge on any atom is -0.381 e. The van der Waals surface area contributed by atoms with Gasteiger partial charge in [-0.05, 0) is 26.2 Å². The fourth-order valence-electron chi connectivity index (χ4n) is 2.94. The summed E-state index contributed by atoms with van der Waals surface area (Å²) >= 11 is 0. The van der Waals surface area contributed by atoms with Crippen molar-refractivity contribution < 1.29 is 14.3 Å². The lowest BCUT2D eigenvalue weighted by Crippen LogP contribution is -2.52. The Balaban J connectivity index is 1.90. The van der Waals surface area contributed by atoms with Crippen LogP contribution in [0.1, 0.15) is 26.2 Å². The van der Waals surface area contributed by atoms with E-state index in [1.54, 1.807) is 14.2 Å². The average molecular weight is 256 g/mol. The molecule has 2 saturated heterocycles. The predicted molar refractivity (Wildman–Crippen MR) is 68.4 cm³/mol. The topological polar surface area (TPSA) is 50.8 Å². The Kier molecular flexibility index (Phi) is 4.59. The second-order valence-electron chi connectivity index (χ2n) is 5.32. The van der Waals surface area contributed by atoms with E-state index in [0.29, 0.717) is 6.10 Å². The molecule has 1 N–H and O–H groups in total. The minimum atomic E-state index is -0.0727. The summed E-state index contributed by atoms with van der Waals surface area (Å²) < 4.78 is 10.7. The number of ether oxygens (including phenoxy) is 2. The molecule has 1 amide bonds. The number of hydrogen-bond donors (Lipinski definition) is 1. The van der Waals surface area contributed by atoms with E-state index in [1.165, 1.54) is 0 Å². The second kappa shape index (κ2) is 5.99. The summed E-state index contributed by atoms with van der Waals surface area (Å²) in [6.07, 6.45) is 3.13. The van der Waals surface area contributed by atoms with Crippen LogP contribution in [-0.4, -0.2) is 62.4 Å². The first-order chi connectivity index (χ1) is 8.65. The van der Waals surface area contributed by atoms with Crippen LogP contribution in [0.4, 0.5) is 0 Å². The number of hydrogen-bond acceptors (Lipinski definition) is 4. The van der Waals surface area contributed by atoms with Crippen molar-refractivity contribution in [2.75, 3.05) is 27.3 Å². The van der Waals surface area contributed by atoms with Crippen LogP contribution >= 0.6 is 0 Å². The van der Waals surface area contributed by atoms with Gasteiger partial charge in [-0.25, -0.2) is 0 Å². The molecular weight excluding hydrogens is 232 g/mol. The van der Waals surface area contributed by atoms with E-state index in [-0.39, 0.29) is 24.1 Å². The van der Waals surface area contributed by atoms with Crippen LogP contribution in [-0.2, 0) is 14.3 Å². The lowest BCUT2D eigenvalue weighted by molar-refractivity contribution is -0.138. The molecule has 0 aliphatic carbocycles. The van der Waals surface area contributed by atoms with Gasteiger partial charge in [0.15, 0.2) is 0 Å². The molecule has 0 spiro atoms. The van der Waals surface area contributed by atoms with E-state index >= 15 is 0 Å². The first kappa shape index (κ1) is 13.8. The van der Waals surface area contributed by atoms with Gasteiger partial charge in [-0.15, -0.1) is 0 Å². The summed E-state index contributed by atoms with van der Waals surface area (Å²) in [4.78, 5) is 14.4. The van der Waals surface area contributed by atoms with E-state index in [1.807, 2.05) is 4.90 Å². The maximum atomic E-state index is 12.4. The zero-order valence-corrected chi connectivity index (χ0v) is 11.5. The molecule has 0 aromatic rings. The molecule has 0 bridgehead atoms. The number of carbonyl (C=O) groups excluding carboxylic acids is 1. The normalized spacial score (nSPS) is 36.9. The number of amides is 1. The Morgan fingerprint density at radius 2 is 1.94 bits per heavy atom. The van der Waals surface area contributed by atoms with Gasteiger partial charge in [0.05, 0.1) is 18.2 Å². The van der Waals surface area contributed by atoms with Gasteiger partial charge in [0.1, 0.15) is 0 Å². The molecule has 2 fully saturated rings. The highest BCUT2D eigenvalue weighted by atomic mass is 16.5. The van der Waals surface area contributed by atoms with Crippen LogP contribution in [0.25, 0.3) is 0 Å². The molecule has 0 radical (unpaired) electrons. The van der Waals surface area contributed by atoms with Gasteiger partial charge in [-0.2, -0.15) is 0 Å². The van der Waals surface area contributed by atoms with Crippen LogP contribution < -0.4 is 5.32 Å². The van der Waals surface area contributed by atoms with Crippen molar-refractivity contribution in [1.29, 1.82) is 0 Å². The summed E-state index contributed by atoms with van der Waals surface area (Å²) in [7, 11) is 3.45. The fourth-order valence-corrected chi connectivity index (χ4v) is 2.94. The molecule has 0 aromatic heterocycles.